The second kappa shape index (κ2) is 4.67. The van der Waals surface area contributed by atoms with E-state index < -0.39 is 11.4 Å². The molecule has 4 heteroatoms. The largest absolute Gasteiger partial charge is 0.472 e. The van der Waals surface area contributed by atoms with Crippen LogP contribution >= 0.6 is 0 Å². The summed E-state index contributed by atoms with van der Waals surface area (Å²) < 4.78 is 17.8. The predicted octanol–water partition coefficient (Wildman–Crippen LogP) is 2.65. The summed E-state index contributed by atoms with van der Waals surface area (Å²) in [5.41, 5.74) is 0.278. The lowest BCUT2D eigenvalue weighted by Gasteiger charge is -2.25. The molecule has 0 radical (unpaired) electrons. The lowest BCUT2D eigenvalue weighted by molar-refractivity contribution is 0.0281. The van der Waals surface area contributed by atoms with Gasteiger partial charge in [0.2, 0.25) is 0 Å². The van der Waals surface area contributed by atoms with Crippen LogP contribution in [0.3, 0.4) is 0 Å². The van der Waals surface area contributed by atoms with Crippen LogP contribution in [-0.4, -0.2) is 10.1 Å². The Bertz CT molecular complexity index is 467. The molecule has 0 saturated heterocycles. The molecule has 2 rings (SSSR count). The maximum Gasteiger partial charge on any atom is 0.141 e. The first-order valence-corrected chi connectivity index (χ1v) is 5.49. The number of rotatable bonds is 4. The minimum atomic E-state index is -1.09. The van der Waals surface area contributed by atoms with E-state index in [2.05, 4.69) is 4.98 Å². The number of aliphatic hydroxyl groups is 1. The van der Waals surface area contributed by atoms with E-state index in [0.29, 0.717) is 18.5 Å². The first kappa shape index (κ1) is 11.8. The van der Waals surface area contributed by atoms with Crippen molar-refractivity contribution < 1.29 is 13.9 Å². The highest BCUT2D eigenvalue weighted by Crippen LogP contribution is 2.27. The third kappa shape index (κ3) is 2.53. The zero-order chi connectivity index (χ0) is 12.3. The number of furan rings is 1. The van der Waals surface area contributed by atoms with Crippen molar-refractivity contribution in [1.29, 1.82) is 0 Å². The molecule has 1 N–H and O–H groups in total. The number of nitrogens with zero attached hydrogens (tertiary/aromatic N) is 1. The van der Waals surface area contributed by atoms with Crippen LogP contribution in [0.2, 0.25) is 0 Å². The van der Waals surface area contributed by atoms with Crippen molar-refractivity contribution in [2.45, 2.75) is 25.4 Å². The summed E-state index contributed by atoms with van der Waals surface area (Å²) in [6, 6.07) is 4.61. The van der Waals surface area contributed by atoms with Gasteiger partial charge in [-0.2, -0.15) is 0 Å². The molecule has 0 fully saturated rings. The Kier molecular flexibility index (Phi) is 3.24. The molecule has 17 heavy (non-hydrogen) atoms. The summed E-state index contributed by atoms with van der Waals surface area (Å²) in [6.07, 6.45) is 5.16. The highest BCUT2D eigenvalue weighted by atomic mass is 19.1. The van der Waals surface area contributed by atoms with Crippen LogP contribution in [0.15, 0.2) is 41.3 Å². The zero-order valence-corrected chi connectivity index (χ0v) is 9.56. The topological polar surface area (TPSA) is 46.3 Å². The fourth-order valence-corrected chi connectivity index (χ4v) is 1.78. The van der Waals surface area contributed by atoms with Crippen LogP contribution < -0.4 is 0 Å². The Labute approximate surface area is 98.9 Å². The van der Waals surface area contributed by atoms with Gasteiger partial charge < -0.3 is 9.52 Å². The molecular weight excluding hydrogens is 221 g/mol. The normalized spacial score (nSPS) is 14.5. The lowest BCUT2D eigenvalue weighted by Crippen LogP contribution is -2.28. The van der Waals surface area contributed by atoms with E-state index in [1.54, 1.807) is 18.6 Å². The van der Waals surface area contributed by atoms with Gasteiger partial charge in [0, 0.05) is 6.42 Å². The minimum absolute atomic E-state index is 0.401. The van der Waals surface area contributed by atoms with Crippen LogP contribution in [0.25, 0.3) is 0 Å². The van der Waals surface area contributed by atoms with E-state index in [1.165, 1.54) is 12.1 Å². The van der Waals surface area contributed by atoms with E-state index in [0.717, 1.165) is 11.8 Å². The lowest BCUT2D eigenvalue weighted by atomic mass is 9.89. The Morgan fingerprint density at radius 1 is 1.41 bits per heavy atom. The SMILES string of the molecule is CCC(O)(Cc1ccoc1)c1ccc(F)cn1. The van der Waals surface area contributed by atoms with Gasteiger partial charge in [-0.1, -0.05) is 6.92 Å². The Balaban J connectivity index is 2.27. The summed E-state index contributed by atoms with van der Waals surface area (Å²) in [4.78, 5) is 3.95. The van der Waals surface area contributed by atoms with Crippen LogP contribution in [0.1, 0.15) is 24.6 Å². The Hall–Kier alpha value is -1.68. The molecule has 1 atom stereocenters. The van der Waals surface area contributed by atoms with Crippen molar-refractivity contribution >= 4 is 0 Å². The molecule has 0 bridgehead atoms. The van der Waals surface area contributed by atoms with E-state index in [-0.39, 0.29) is 0 Å². The molecule has 0 aliphatic rings. The van der Waals surface area contributed by atoms with Crippen molar-refractivity contribution in [3.8, 4) is 0 Å². The van der Waals surface area contributed by atoms with Crippen molar-refractivity contribution in [3.63, 3.8) is 0 Å². The molecule has 0 spiro atoms. The molecule has 0 saturated carbocycles. The van der Waals surface area contributed by atoms with Crippen LogP contribution in [0, 0.1) is 5.82 Å². The average Bonchev–Trinajstić information content (AvgIpc) is 2.82. The third-order valence-electron chi connectivity index (χ3n) is 2.87. The van der Waals surface area contributed by atoms with Gasteiger partial charge in [0.1, 0.15) is 11.4 Å². The predicted molar refractivity (Wildman–Crippen MR) is 60.8 cm³/mol. The van der Waals surface area contributed by atoms with Gasteiger partial charge in [-0.05, 0) is 30.2 Å². The van der Waals surface area contributed by atoms with Gasteiger partial charge in [-0.3, -0.25) is 4.98 Å². The van der Waals surface area contributed by atoms with Crippen molar-refractivity contribution in [1.82, 2.24) is 4.98 Å². The van der Waals surface area contributed by atoms with Gasteiger partial charge in [0.05, 0.1) is 24.4 Å². The highest BCUT2D eigenvalue weighted by Gasteiger charge is 2.29. The number of hydrogen-bond acceptors (Lipinski definition) is 3. The number of halogens is 1. The van der Waals surface area contributed by atoms with Gasteiger partial charge in [-0.25, -0.2) is 4.39 Å². The van der Waals surface area contributed by atoms with Gasteiger partial charge >= 0.3 is 0 Å². The molecule has 90 valence electrons. The molecule has 3 nitrogen and oxygen atoms in total. The first-order chi connectivity index (χ1) is 8.14. The first-order valence-electron chi connectivity index (χ1n) is 5.49. The third-order valence-corrected chi connectivity index (χ3v) is 2.87. The van der Waals surface area contributed by atoms with Crippen molar-refractivity contribution in [3.05, 3.63) is 54.0 Å². The number of pyridine rings is 1. The van der Waals surface area contributed by atoms with Gasteiger partial charge in [0.15, 0.2) is 0 Å². The quantitative estimate of drug-likeness (QED) is 0.886. The second-order valence-corrected chi connectivity index (χ2v) is 4.06. The molecule has 0 aliphatic heterocycles. The summed E-state index contributed by atoms with van der Waals surface area (Å²) in [7, 11) is 0. The fourth-order valence-electron chi connectivity index (χ4n) is 1.78. The maximum absolute atomic E-state index is 12.8. The van der Waals surface area contributed by atoms with Crippen molar-refractivity contribution in [2.24, 2.45) is 0 Å². The molecule has 2 aromatic rings. The highest BCUT2D eigenvalue weighted by molar-refractivity contribution is 5.19. The molecular formula is C13H14FNO2. The Morgan fingerprint density at radius 3 is 2.76 bits per heavy atom. The van der Waals surface area contributed by atoms with E-state index >= 15 is 0 Å². The molecule has 2 heterocycles. The van der Waals surface area contributed by atoms with Crippen LogP contribution in [-0.2, 0) is 12.0 Å². The van der Waals surface area contributed by atoms with Gasteiger partial charge in [0.25, 0.3) is 0 Å². The maximum atomic E-state index is 12.8. The molecule has 1 unspecified atom stereocenters. The smallest absolute Gasteiger partial charge is 0.141 e. The monoisotopic (exact) mass is 235 g/mol. The fraction of sp³-hybridized carbons (Fsp3) is 0.308. The van der Waals surface area contributed by atoms with Gasteiger partial charge in [-0.15, -0.1) is 0 Å². The molecule has 0 aliphatic carbocycles. The second-order valence-electron chi connectivity index (χ2n) is 4.06. The average molecular weight is 235 g/mol. The molecule has 0 amide bonds. The number of hydrogen-bond donors (Lipinski definition) is 1. The van der Waals surface area contributed by atoms with Crippen molar-refractivity contribution in [2.75, 3.05) is 0 Å². The van der Waals surface area contributed by atoms with Crippen LogP contribution in [0.5, 0.6) is 0 Å². The standard InChI is InChI=1S/C13H14FNO2/c1-2-13(16,7-10-5-6-17-9-10)12-4-3-11(14)8-15-12/h3-6,8-9,16H,2,7H2,1H3. The summed E-state index contributed by atoms with van der Waals surface area (Å²) in [5.74, 6) is -0.407. The number of aromatic nitrogens is 1. The van der Waals surface area contributed by atoms with E-state index in [9.17, 15) is 9.50 Å². The Morgan fingerprint density at radius 2 is 2.24 bits per heavy atom. The summed E-state index contributed by atoms with van der Waals surface area (Å²) >= 11 is 0. The molecule has 2 aromatic heterocycles. The van der Waals surface area contributed by atoms with E-state index in [4.69, 9.17) is 4.42 Å². The molecule has 0 aromatic carbocycles. The summed E-state index contributed by atoms with van der Waals surface area (Å²) in [5, 5.41) is 10.5. The van der Waals surface area contributed by atoms with Crippen LogP contribution in [0.4, 0.5) is 4.39 Å². The summed E-state index contributed by atoms with van der Waals surface area (Å²) in [6.45, 7) is 1.87. The zero-order valence-electron chi connectivity index (χ0n) is 9.56. The minimum Gasteiger partial charge on any atom is -0.472 e. The van der Waals surface area contributed by atoms with E-state index in [1.807, 2.05) is 6.92 Å².